The average molecular weight is 245 g/mol. The number of nitrogens with zero attached hydrogens (tertiary/aromatic N) is 2. The third-order valence-corrected chi connectivity index (χ3v) is 3.20. The summed E-state index contributed by atoms with van der Waals surface area (Å²) in [5, 5.41) is 1.00. The van der Waals surface area contributed by atoms with E-state index in [2.05, 4.69) is 29.0 Å². The summed E-state index contributed by atoms with van der Waals surface area (Å²) in [6.07, 6.45) is 1.84. The second-order valence-corrected chi connectivity index (χ2v) is 5.01. The van der Waals surface area contributed by atoms with Crippen molar-refractivity contribution in [2.45, 2.75) is 30.3 Å². The smallest absolute Gasteiger partial charge is 0.101 e. The van der Waals surface area contributed by atoms with E-state index in [0.717, 1.165) is 21.3 Å². The first-order valence-corrected chi connectivity index (χ1v) is 6.27. The molecule has 2 heterocycles. The van der Waals surface area contributed by atoms with Crippen molar-refractivity contribution >= 4 is 11.8 Å². The zero-order valence-electron chi connectivity index (χ0n) is 9.97. The van der Waals surface area contributed by atoms with Crippen LogP contribution in [0.15, 0.2) is 40.4 Å². The minimum atomic E-state index is 0.479. The van der Waals surface area contributed by atoms with Gasteiger partial charge in [0, 0.05) is 23.3 Å². The molecular formula is C13H15N3S. The van der Waals surface area contributed by atoms with E-state index < -0.39 is 0 Å². The van der Waals surface area contributed by atoms with Crippen LogP contribution in [-0.2, 0) is 6.54 Å². The molecule has 0 saturated carbocycles. The van der Waals surface area contributed by atoms with Crippen LogP contribution in [0, 0.1) is 13.8 Å². The van der Waals surface area contributed by atoms with Crippen LogP contribution in [0.1, 0.15) is 17.0 Å². The van der Waals surface area contributed by atoms with Gasteiger partial charge in [-0.2, -0.15) is 0 Å². The third kappa shape index (κ3) is 3.28. The van der Waals surface area contributed by atoms with Crippen LogP contribution in [0.4, 0.5) is 0 Å². The molecule has 2 aromatic heterocycles. The zero-order valence-corrected chi connectivity index (χ0v) is 10.8. The molecule has 3 nitrogen and oxygen atoms in total. The van der Waals surface area contributed by atoms with Gasteiger partial charge in [0.25, 0.3) is 0 Å². The topological polar surface area (TPSA) is 51.8 Å². The molecule has 0 aliphatic heterocycles. The molecule has 0 radical (unpaired) electrons. The molecule has 0 aliphatic carbocycles. The predicted molar refractivity (Wildman–Crippen MR) is 70.0 cm³/mol. The van der Waals surface area contributed by atoms with Gasteiger partial charge in [0.1, 0.15) is 5.03 Å². The lowest BCUT2D eigenvalue weighted by atomic mass is 10.3. The van der Waals surface area contributed by atoms with Crippen LogP contribution in [0.5, 0.6) is 0 Å². The van der Waals surface area contributed by atoms with Crippen molar-refractivity contribution in [1.82, 2.24) is 9.97 Å². The van der Waals surface area contributed by atoms with Gasteiger partial charge in [-0.05, 0) is 43.7 Å². The molecule has 17 heavy (non-hydrogen) atoms. The number of nitrogens with two attached hydrogens (primary N) is 1. The highest BCUT2D eigenvalue weighted by atomic mass is 32.2. The minimum Gasteiger partial charge on any atom is -0.325 e. The first-order valence-electron chi connectivity index (χ1n) is 5.45. The van der Waals surface area contributed by atoms with Crippen molar-refractivity contribution in [3.8, 4) is 0 Å². The van der Waals surface area contributed by atoms with E-state index in [1.165, 1.54) is 5.56 Å². The summed E-state index contributed by atoms with van der Waals surface area (Å²) < 4.78 is 0. The summed E-state index contributed by atoms with van der Waals surface area (Å²) in [5.41, 5.74) is 8.68. The van der Waals surface area contributed by atoms with E-state index in [0.29, 0.717) is 6.54 Å². The third-order valence-electron chi connectivity index (χ3n) is 2.30. The van der Waals surface area contributed by atoms with Crippen molar-refractivity contribution in [2.24, 2.45) is 5.73 Å². The summed E-state index contributed by atoms with van der Waals surface area (Å²) in [6, 6.07) is 8.12. The molecule has 2 N–H and O–H groups in total. The van der Waals surface area contributed by atoms with Crippen LogP contribution < -0.4 is 5.73 Å². The van der Waals surface area contributed by atoms with Crippen molar-refractivity contribution < 1.29 is 0 Å². The number of hydrogen-bond donors (Lipinski definition) is 1. The van der Waals surface area contributed by atoms with Crippen LogP contribution in [-0.4, -0.2) is 9.97 Å². The molecule has 0 bridgehead atoms. The van der Waals surface area contributed by atoms with Crippen molar-refractivity contribution in [3.63, 3.8) is 0 Å². The summed E-state index contributed by atoms with van der Waals surface area (Å²) in [6.45, 7) is 4.56. The standard InChI is InChI=1S/C13H15N3S/c1-9-5-10(2)16-13(6-9)17-12-4-3-11(7-14)15-8-12/h3-6,8H,7,14H2,1-2H3. The van der Waals surface area contributed by atoms with Crippen LogP contribution in [0.25, 0.3) is 0 Å². The first kappa shape index (κ1) is 12.1. The maximum atomic E-state index is 5.51. The molecule has 2 aromatic rings. The van der Waals surface area contributed by atoms with E-state index >= 15 is 0 Å². The van der Waals surface area contributed by atoms with Crippen molar-refractivity contribution in [1.29, 1.82) is 0 Å². The molecule has 0 aliphatic rings. The Hall–Kier alpha value is -1.39. The Kier molecular flexibility index (Phi) is 3.76. The molecule has 0 spiro atoms. The average Bonchev–Trinajstić information content (AvgIpc) is 2.28. The molecule has 0 unspecified atom stereocenters. The normalized spacial score (nSPS) is 10.5. The summed E-state index contributed by atoms with van der Waals surface area (Å²) >= 11 is 1.62. The number of aromatic nitrogens is 2. The number of aryl methyl sites for hydroxylation is 2. The molecule has 2 rings (SSSR count). The van der Waals surface area contributed by atoms with Gasteiger partial charge in [-0.25, -0.2) is 4.98 Å². The maximum Gasteiger partial charge on any atom is 0.101 e. The monoisotopic (exact) mass is 245 g/mol. The lowest BCUT2D eigenvalue weighted by Crippen LogP contribution is -1.98. The Labute approximate surface area is 105 Å². The van der Waals surface area contributed by atoms with Gasteiger partial charge in [-0.3, -0.25) is 4.98 Å². The van der Waals surface area contributed by atoms with Gasteiger partial charge in [0.05, 0.1) is 5.69 Å². The van der Waals surface area contributed by atoms with E-state index in [9.17, 15) is 0 Å². The van der Waals surface area contributed by atoms with Gasteiger partial charge in [-0.15, -0.1) is 0 Å². The molecule has 0 saturated heterocycles. The minimum absolute atomic E-state index is 0.479. The fourth-order valence-corrected chi connectivity index (χ4v) is 2.49. The summed E-state index contributed by atoms with van der Waals surface area (Å²) in [7, 11) is 0. The Balaban J connectivity index is 2.19. The number of rotatable bonds is 3. The molecule has 0 amide bonds. The fourth-order valence-electron chi connectivity index (χ4n) is 1.57. The summed E-state index contributed by atoms with van der Waals surface area (Å²) in [4.78, 5) is 9.83. The van der Waals surface area contributed by atoms with Crippen LogP contribution >= 0.6 is 11.8 Å². The quantitative estimate of drug-likeness (QED) is 0.903. The summed E-state index contributed by atoms with van der Waals surface area (Å²) in [5.74, 6) is 0. The number of hydrogen-bond acceptors (Lipinski definition) is 4. The Morgan fingerprint density at radius 1 is 1.24 bits per heavy atom. The molecule has 0 fully saturated rings. The van der Waals surface area contributed by atoms with E-state index in [4.69, 9.17) is 5.73 Å². The lowest BCUT2D eigenvalue weighted by Gasteiger charge is -2.04. The Morgan fingerprint density at radius 2 is 2.06 bits per heavy atom. The Morgan fingerprint density at radius 3 is 2.65 bits per heavy atom. The molecule has 0 atom stereocenters. The molecular weight excluding hydrogens is 230 g/mol. The number of pyridine rings is 2. The maximum absolute atomic E-state index is 5.51. The van der Waals surface area contributed by atoms with Gasteiger partial charge in [-0.1, -0.05) is 11.8 Å². The first-order chi connectivity index (χ1) is 8.17. The lowest BCUT2D eigenvalue weighted by molar-refractivity contribution is 0.975. The molecule has 0 aromatic carbocycles. The SMILES string of the molecule is Cc1cc(C)nc(Sc2ccc(CN)nc2)c1. The van der Waals surface area contributed by atoms with Gasteiger partial charge < -0.3 is 5.73 Å². The second kappa shape index (κ2) is 5.29. The van der Waals surface area contributed by atoms with E-state index in [1.54, 1.807) is 11.8 Å². The highest BCUT2D eigenvalue weighted by Gasteiger charge is 2.01. The van der Waals surface area contributed by atoms with Crippen molar-refractivity contribution in [2.75, 3.05) is 0 Å². The highest BCUT2D eigenvalue weighted by Crippen LogP contribution is 2.26. The molecule has 88 valence electrons. The Bertz CT molecular complexity index is 488. The van der Waals surface area contributed by atoms with E-state index in [1.807, 2.05) is 25.3 Å². The van der Waals surface area contributed by atoms with Gasteiger partial charge >= 0.3 is 0 Å². The fraction of sp³-hybridized carbons (Fsp3) is 0.231. The van der Waals surface area contributed by atoms with Gasteiger partial charge in [0.15, 0.2) is 0 Å². The largest absolute Gasteiger partial charge is 0.325 e. The van der Waals surface area contributed by atoms with Gasteiger partial charge in [0.2, 0.25) is 0 Å². The highest BCUT2D eigenvalue weighted by molar-refractivity contribution is 7.99. The van der Waals surface area contributed by atoms with Crippen LogP contribution in [0.2, 0.25) is 0 Å². The van der Waals surface area contributed by atoms with Crippen LogP contribution in [0.3, 0.4) is 0 Å². The van der Waals surface area contributed by atoms with E-state index in [-0.39, 0.29) is 0 Å². The van der Waals surface area contributed by atoms with Crippen molar-refractivity contribution in [3.05, 3.63) is 47.4 Å². The predicted octanol–water partition coefficient (Wildman–Crippen LogP) is 2.70. The second-order valence-electron chi connectivity index (χ2n) is 3.92. The zero-order chi connectivity index (χ0) is 12.3. The molecule has 4 heteroatoms.